The molecule has 2 nitrogen and oxygen atoms in total. The highest BCUT2D eigenvalue weighted by Crippen LogP contribution is 2.31. The normalized spacial score (nSPS) is 27.8. The molecule has 1 aromatic carbocycles. The fourth-order valence-electron chi connectivity index (χ4n) is 4.01. The largest absolute Gasteiger partial charge is 0.366 e. The third-order valence-electron chi connectivity index (χ3n) is 5.28. The van der Waals surface area contributed by atoms with Crippen molar-refractivity contribution in [1.29, 1.82) is 0 Å². The maximum Gasteiger partial charge on any atom is 0.0412 e. The van der Waals surface area contributed by atoms with Crippen LogP contribution in [0.5, 0.6) is 0 Å². The first kappa shape index (κ1) is 15.6. The van der Waals surface area contributed by atoms with E-state index in [1.807, 2.05) is 0 Å². The second kappa shape index (κ2) is 7.32. The van der Waals surface area contributed by atoms with Crippen LogP contribution < -0.4 is 10.2 Å². The van der Waals surface area contributed by atoms with Gasteiger partial charge in [-0.15, -0.1) is 0 Å². The molecule has 2 unspecified atom stereocenters. The maximum absolute atomic E-state index is 3.86. The summed E-state index contributed by atoms with van der Waals surface area (Å²) in [5.74, 6) is 0.891. The Bertz CT molecular complexity index is 456. The first-order chi connectivity index (χ1) is 10.3. The lowest BCUT2D eigenvalue weighted by atomic mass is 9.82. The number of anilines is 1. The van der Waals surface area contributed by atoms with Crippen molar-refractivity contribution in [3.8, 4) is 0 Å². The van der Waals surface area contributed by atoms with Crippen LogP contribution in [-0.2, 0) is 0 Å². The van der Waals surface area contributed by atoms with Gasteiger partial charge in [0, 0.05) is 34.4 Å². The second-order valence-corrected chi connectivity index (χ2v) is 7.85. The molecule has 0 aromatic heterocycles. The van der Waals surface area contributed by atoms with E-state index in [1.54, 1.807) is 0 Å². The molecule has 1 aromatic rings. The van der Waals surface area contributed by atoms with Crippen LogP contribution in [0.3, 0.4) is 0 Å². The summed E-state index contributed by atoms with van der Waals surface area (Å²) in [7, 11) is 0. The Morgan fingerprint density at radius 2 is 2.05 bits per heavy atom. The highest BCUT2D eigenvalue weighted by atomic mass is 127. The summed E-state index contributed by atoms with van der Waals surface area (Å²) >= 11 is 2.43. The summed E-state index contributed by atoms with van der Waals surface area (Å²) < 4.78 is 1.34. The number of benzene rings is 1. The molecule has 2 fully saturated rings. The van der Waals surface area contributed by atoms with Gasteiger partial charge < -0.3 is 10.2 Å². The van der Waals surface area contributed by atoms with Gasteiger partial charge in [0.05, 0.1) is 0 Å². The van der Waals surface area contributed by atoms with Gasteiger partial charge >= 0.3 is 0 Å². The van der Waals surface area contributed by atoms with Gasteiger partial charge in [0.2, 0.25) is 0 Å². The average molecular weight is 398 g/mol. The van der Waals surface area contributed by atoms with Crippen LogP contribution in [-0.4, -0.2) is 25.2 Å². The molecule has 1 heterocycles. The van der Waals surface area contributed by atoms with Crippen LogP contribution in [0.2, 0.25) is 0 Å². The molecule has 116 valence electrons. The molecule has 2 aliphatic rings. The lowest BCUT2D eigenvalue weighted by Gasteiger charge is -2.45. The van der Waals surface area contributed by atoms with E-state index in [2.05, 4.69) is 64.0 Å². The smallest absolute Gasteiger partial charge is 0.0412 e. The number of hydrogen-bond acceptors (Lipinski definition) is 2. The van der Waals surface area contributed by atoms with E-state index < -0.39 is 0 Å². The van der Waals surface area contributed by atoms with Crippen molar-refractivity contribution in [1.82, 2.24) is 5.32 Å². The van der Waals surface area contributed by atoms with Crippen molar-refractivity contribution in [2.24, 2.45) is 5.92 Å². The zero-order valence-electron chi connectivity index (χ0n) is 13.0. The first-order valence-corrected chi connectivity index (χ1v) is 9.61. The molecule has 1 aliphatic heterocycles. The molecule has 3 heteroatoms. The standard InChI is InChI=1S/C18H27IN2/c1-2-16-12-20-18(14-7-4-3-5-8-14)13-21(16)17-10-6-9-15(19)11-17/h6,9-11,14,16,18,20H,2-5,7-8,12-13H2,1H3. The van der Waals surface area contributed by atoms with Crippen molar-refractivity contribution in [3.63, 3.8) is 0 Å². The summed E-state index contributed by atoms with van der Waals surface area (Å²) in [4.78, 5) is 2.66. The molecule has 0 bridgehead atoms. The predicted molar refractivity (Wildman–Crippen MR) is 98.9 cm³/mol. The monoisotopic (exact) mass is 398 g/mol. The van der Waals surface area contributed by atoms with Crippen LogP contribution in [0.4, 0.5) is 5.69 Å². The van der Waals surface area contributed by atoms with Gasteiger partial charge in [-0.05, 0) is 66.0 Å². The summed E-state index contributed by atoms with van der Waals surface area (Å²) in [6, 6.07) is 10.3. The maximum atomic E-state index is 3.86. The molecule has 1 saturated heterocycles. The highest BCUT2D eigenvalue weighted by molar-refractivity contribution is 14.1. The molecule has 2 atom stereocenters. The first-order valence-electron chi connectivity index (χ1n) is 8.53. The minimum atomic E-state index is 0.642. The molecule has 0 spiro atoms. The van der Waals surface area contributed by atoms with Gasteiger partial charge in [-0.25, -0.2) is 0 Å². The van der Waals surface area contributed by atoms with E-state index in [-0.39, 0.29) is 0 Å². The van der Waals surface area contributed by atoms with E-state index in [0.717, 1.165) is 12.5 Å². The second-order valence-electron chi connectivity index (χ2n) is 6.61. The van der Waals surface area contributed by atoms with Gasteiger partial charge in [0.15, 0.2) is 0 Å². The van der Waals surface area contributed by atoms with Crippen molar-refractivity contribution in [2.45, 2.75) is 57.5 Å². The van der Waals surface area contributed by atoms with Crippen LogP contribution in [0.15, 0.2) is 24.3 Å². The Morgan fingerprint density at radius 3 is 2.76 bits per heavy atom. The molecule has 1 N–H and O–H groups in total. The highest BCUT2D eigenvalue weighted by Gasteiger charge is 2.32. The fraction of sp³-hybridized carbons (Fsp3) is 0.667. The van der Waals surface area contributed by atoms with E-state index in [9.17, 15) is 0 Å². The Hall–Kier alpha value is -0.290. The van der Waals surface area contributed by atoms with Crippen molar-refractivity contribution < 1.29 is 0 Å². The molecule has 1 saturated carbocycles. The lowest BCUT2D eigenvalue weighted by molar-refractivity contribution is 0.240. The summed E-state index contributed by atoms with van der Waals surface area (Å²) in [5, 5.41) is 3.86. The molecular weight excluding hydrogens is 371 g/mol. The Labute approximate surface area is 142 Å². The van der Waals surface area contributed by atoms with E-state index in [0.29, 0.717) is 12.1 Å². The number of rotatable bonds is 3. The van der Waals surface area contributed by atoms with Gasteiger partial charge in [-0.1, -0.05) is 32.3 Å². The number of hydrogen-bond donors (Lipinski definition) is 1. The van der Waals surface area contributed by atoms with E-state index in [4.69, 9.17) is 0 Å². The van der Waals surface area contributed by atoms with E-state index in [1.165, 1.54) is 54.3 Å². The molecule has 0 radical (unpaired) electrons. The van der Waals surface area contributed by atoms with Crippen LogP contribution in [0.25, 0.3) is 0 Å². The van der Waals surface area contributed by atoms with Crippen LogP contribution in [0, 0.1) is 9.49 Å². The Balaban J connectivity index is 1.75. The van der Waals surface area contributed by atoms with Gasteiger partial charge in [0.1, 0.15) is 0 Å². The van der Waals surface area contributed by atoms with Crippen LogP contribution in [0.1, 0.15) is 45.4 Å². The Morgan fingerprint density at radius 1 is 1.24 bits per heavy atom. The van der Waals surface area contributed by atoms with Crippen LogP contribution >= 0.6 is 22.6 Å². The minimum absolute atomic E-state index is 0.642. The van der Waals surface area contributed by atoms with Gasteiger partial charge in [-0.2, -0.15) is 0 Å². The number of piperazine rings is 1. The molecular formula is C18H27IN2. The summed E-state index contributed by atoms with van der Waals surface area (Å²) in [6.45, 7) is 4.64. The predicted octanol–water partition coefficient (Wildman–Crippen LogP) is 4.43. The lowest BCUT2D eigenvalue weighted by Crippen LogP contribution is -2.59. The minimum Gasteiger partial charge on any atom is -0.366 e. The third-order valence-corrected chi connectivity index (χ3v) is 5.95. The number of nitrogens with zero attached hydrogens (tertiary/aromatic N) is 1. The third kappa shape index (κ3) is 3.73. The SMILES string of the molecule is CCC1CNC(C2CCCCC2)CN1c1cccc(I)c1. The quantitative estimate of drug-likeness (QED) is 0.758. The number of halogens is 1. The molecule has 21 heavy (non-hydrogen) atoms. The van der Waals surface area contributed by atoms with Gasteiger partial charge in [0.25, 0.3) is 0 Å². The zero-order chi connectivity index (χ0) is 14.7. The summed E-state index contributed by atoms with van der Waals surface area (Å²) in [5.41, 5.74) is 1.41. The average Bonchev–Trinajstić information content (AvgIpc) is 2.55. The van der Waals surface area contributed by atoms with Crippen molar-refractivity contribution in [2.75, 3.05) is 18.0 Å². The van der Waals surface area contributed by atoms with Gasteiger partial charge in [-0.3, -0.25) is 0 Å². The van der Waals surface area contributed by atoms with Crippen molar-refractivity contribution in [3.05, 3.63) is 27.8 Å². The van der Waals surface area contributed by atoms with E-state index >= 15 is 0 Å². The Kier molecular flexibility index (Phi) is 5.43. The molecule has 3 rings (SSSR count). The summed E-state index contributed by atoms with van der Waals surface area (Å²) in [6.07, 6.45) is 8.38. The molecule has 0 amide bonds. The fourth-order valence-corrected chi connectivity index (χ4v) is 4.54. The molecule has 1 aliphatic carbocycles. The zero-order valence-corrected chi connectivity index (χ0v) is 15.2. The number of nitrogens with one attached hydrogen (secondary N) is 1. The topological polar surface area (TPSA) is 15.3 Å². The van der Waals surface area contributed by atoms with Crippen molar-refractivity contribution >= 4 is 28.3 Å².